The number of nitrogens with zero attached hydrogens (tertiary/aromatic N) is 1. The van der Waals surface area contributed by atoms with Gasteiger partial charge in [0.05, 0.1) is 18.4 Å². The first-order chi connectivity index (χ1) is 13.7. The number of likely N-dealkylation sites (N-methyl/N-ethyl adjacent to an activating group) is 1. The summed E-state index contributed by atoms with van der Waals surface area (Å²) in [5.41, 5.74) is 4.99. The Morgan fingerprint density at radius 1 is 0.893 bits per heavy atom. The minimum atomic E-state index is -0.0379. The normalized spacial score (nSPS) is 14.2. The lowest BCUT2D eigenvalue weighted by Gasteiger charge is -2.08. The number of allylic oxidation sites excluding steroid dienone is 1. The van der Waals surface area contributed by atoms with Crippen LogP contribution in [0, 0.1) is 11.8 Å². The Morgan fingerprint density at radius 3 is 2.29 bits per heavy atom. The van der Waals surface area contributed by atoms with E-state index in [9.17, 15) is 4.79 Å². The summed E-state index contributed by atoms with van der Waals surface area (Å²) in [6.45, 7) is 0. The second kappa shape index (κ2) is 7.46. The number of hydrogen-bond acceptors (Lipinski definition) is 2. The highest BCUT2D eigenvalue weighted by atomic mass is 16.5. The topological polar surface area (TPSA) is 29.5 Å². The molecule has 3 aromatic rings. The standard InChI is InChI=1S/C25H19NO2/c1-26-23-11-7-6-10-22(23)24(25(26)27)21(19-8-4-3-5-9-19)17-14-18-12-15-20(28-2)16-13-18/h3-13,15-16H,1-2H3/b24-21-. The van der Waals surface area contributed by atoms with Crippen molar-refractivity contribution in [1.29, 1.82) is 0 Å². The van der Waals surface area contributed by atoms with Gasteiger partial charge in [-0.15, -0.1) is 0 Å². The van der Waals surface area contributed by atoms with Gasteiger partial charge in [-0.05, 0) is 35.9 Å². The quantitative estimate of drug-likeness (QED) is 0.489. The first-order valence-corrected chi connectivity index (χ1v) is 9.02. The number of fused-ring (bicyclic) bond motifs is 1. The summed E-state index contributed by atoms with van der Waals surface area (Å²) in [6, 6.07) is 25.3. The van der Waals surface area contributed by atoms with Crippen LogP contribution in [0.1, 0.15) is 16.7 Å². The molecule has 0 saturated carbocycles. The molecule has 1 heterocycles. The van der Waals surface area contributed by atoms with Crippen LogP contribution in [0.2, 0.25) is 0 Å². The number of amides is 1. The zero-order valence-electron chi connectivity index (χ0n) is 15.8. The molecule has 1 aliphatic rings. The number of hydrogen-bond donors (Lipinski definition) is 0. The van der Waals surface area contributed by atoms with Gasteiger partial charge in [0, 0.05) is 23.7 Å². The molecule has 0 aromatic heterocycles. The van der Waals surface area contributed by atoms with E-state index in [0.717, 1.165) is 33.7 Å². The number of methoxy groups -OCH3 is 1. The van der Waals surface area contributed by atoms with Crippen LogP contribution in [0.4, 0.5) is 5.69 Å². The second-order valence-corrected chi connectivity index (χ2v) is 6.48. The van der Waals surface area contributed by atoms with Crippen LogP contribution < -0.4 is 9.64 Å². The predicted octanol–water partition coefficient (Wildman–Crippen LogP) is 4.63. The number of para-hydroxylation sites is 1. The van der Waals surface area contributed by atoms with Crippen LogP contribution in [-0.2, 0) is 4.79 Å². The van der Waals surface area contributed by atoms with Gasteiger partial charge in [0.2, 0.25) is 0 Å². The Kier molecular flexibility index (Phi) is 4.70. The van der Waals surface area contributed by atoms with Crippen molar-refractivity contribution in [3.63, 3.8) is 0 Å². The fraction of sp³-hybridized carbons (Fsp3) is 0.0800. The van der Waals surface area contributed by atoms with E-state index >= 15 is 0 Å². The number of carbonyl (C=O) groups is 1. The zero-order chi connectivity index (χ0) is 19.5. The smallest absolute Gasteiger partial charge is 0.260 e. The molecule has 0 N–H and O–H groups in total. The maximum atomic E-state index is 13.1. The Balaban J connectivity index is 1.90. The van der Waals surface area contributed by atoms with Crippen molar-refractivity contribution in [2.45, 2.75) is 0 Å². The zero-order valence-corrected chi connectivity index (χ0v) is 15.8. The molecule has 0 atom stereocenters. The molecule has 136 valence electrons. The summed E-state index contributed by atoms with van der Waals surface area (Å²) >= 11 is 0. The van der Waals surface area contributed by atoms with Crippen molar-refractivity contribution in [1.82, 2.24) is 0 Å². The highest BCUT2D eigenvalue weighted by Crippen LogP contribution is 2.39. The van der Waals surface area contributed by atoms with E-state index in [0.29, 0.717) is 5.57 Å². The van der Waals surface area contributed by atoms with Gasteiger partial charge in [-0.2, -0.15) is 0 Å². The molecular weight excluding hydrogens is 346 g/mol. The molecule has 0 aliphatic carbocycles. The summed E-state index contributed by atoms with van der Waals surface area (Å²) in [5, 5.41) is 0. The first-order valence-electron chi connectivity index (χ1n) is 9.02. The highest BCUT2D eigenvalue weighted by Gasteiger charge is 2.31. The van der Waals surface area contributed by atoms with E-state index in [2.05, 4.69) is 11.8 Å². The average molecular weight is 365 g/mol. The second-order valence-electron chi connectivity index (χ2n) is 6.48. The monoisotopic (exact) mass is 365 g/mol. The molecule has 0 unspecified atom stereocenters. The fourth-order valence-corrected chi connectivity index (χ4v) is 3.30. The van der Waals surface area contributed by atoms with E-state index in [1.165, 1.54) is 0 Å². The Bertz CT molecular complexity index is 1120. The van der Waals surface area contributed by atoms with Crippen molar-refractivity contribution in [3.05, 3.63) is 95.6 Å². The number of benzene rings is 3. The molecule has 0 fully saturated rings. The molecule has 0 spiro atoms. The van der Waals surface area contributed by atoms with Crippen LogP contribution >= 0.6 is 0 Å². The van der Waals surface area contributed by atoms with E-state index in [4.69, 9.17) is 4.74 Å². The van der Waals surface area contributed by atoms with Crippen LogP contribution in [0.15, 0.2) is 78.9 Å². The third-order valence-electron chi connectivity index (χ3n) is 4.79. The van der Waals surface area contributed by atoms with E-state index in [1.54, 1.807) is 19.1 Å². The van der Waals surface area contributed by atoms with Crippen LogP contribution in [0.5, 0.6) is 5.75 Å². The van der Waals surface area contributed by atoms with Gasteiger partial charge in [0.25, 0.3) is 5.91 Å². The van der Waals surface area contributed by atoms with E-state index < -0.39 is 0 Å². The van der Waals surface area contributed by atoms with Crippen LogP contribution in [0.3, 0.4) is 0 Å². The lowest BCUT2D eigenvalue weighted by Crippen LogP contribution is -2.20. The maximum Gasteiger partial charge on any atom is 0.260 e. The number of carbonyl (C=O) groups excluding carboxylic acids is 1. The van der Waals surface area contributed by atoms with Gasteiger partial charge in [-0.3, -0.25) is 4.79 Å². The highest BCUT2D eigenvalue weighted by molar-refractivity contribution is 6.38. The molecule has 0 radical (unpaired) electrons. The van der Waals surface area contributed by atoms with Gasteiger partial charge < -0.3 is 9.64 Å². The molecular formula is C25H19NO2. The third kappa shape index (κ3) is 3.17. The maximum absolute atomic E-state index is 13.1. The van der Waals surface area contributed by atoms with Gasteiger partial charge in [-0.25, -0.2) is 0 Å². The van der Waals surface area contributed by atoms with Gasteiger partial charge in [0.15, 0.2) is 0 Å². The molecule has 1 aliphatic heterocycles. The molecule has 3 nitrogen and oxygen atoms in total. The first kappa shape index (κ1) is 17.6. The number of ether oxygens (including phenoxy) is 1. The van der Waals surface area contributed by atoms with Gasteiger partial charge in [0.1, 0.15) is 5.75 Å². The minimum Gasteiger partial charge on any atom is -0.497 e. The van der Waals surface area contributed by atoms with Crippen molar-refractivity contribution in [2.75, 3.05) is 19.1 Å². The average Bonchev–Trinajstić information content (AvgIpc) is 3.00. The number of anilines is 1. The van der Waals surface area contributed by atoms with Crippen molar-refractivity contribution >= 4 is 22.7 Å². The van der Waals surface area contributed by atoms with E-state index in [1.807, 2.05) is 78.9 Å². The molecule has 0 bridgehead atoms. The third-order valence-corrected chi connectivity index (χ3v) is 4.79. The van der Waals surface area contributed by atoms with Crippen molar-refractivity contribution in [2.24, 2.45) is 0 Å². The molecule has 3 aromatic carbocycles. The predicted molar refractivity (Wildman–Crippen MR) is 113 cm³/mol. The largest absolute Gasteiger partial charge is 0.497 e. The molecule has 3 heteroatoms. The van der Waals surface area contributed by atoms with Crippen LogP contribution in [-0.4, -0.2) is 20.1 Å². The van der Waals surface area contributed by atoms with Crippen molar-refractivity contribution in [3.8, 4) is 17.6 Å². The molecule has 0 saturated heterocycles. The lowest BCUT2D eigenvalue weighted by molar-refractivity contribution is -0.112. The summed E-state index contributed by atoms with van der Waals surface area (Å²) in [4.78, 5) is 14.7. The van der Waals surface area contributed by atoms with Crippen LogP contribution in [0.25, 0.3) is 11.1 Å². The molecule has 28 heavy (non-hydrogen) atoms. The molecule has 4 rings (SSSR count). The Morgan fingerprint density at radius 2 is 1.57 bits per heavy atom. The van der Waals surface area contributed by atoms with Crippen molar-refractivity contribution < 1.29 is 9.53 Å². The number of rotatable bonds is 2. The minimum absolute atomic E-state index is 0.0379. The van der Waals surface area contributed by atoms with Gasteiger partial charge in [-0.1, -0.05) is 60.4 Å². The Hall–Kier alpha value is -3.77. The summed E-state index contributed by atoms with van der Waals surface area (Å²) < 4.78 is 5.20. The van der Waals surface area contributed by atoms with E-state index in [-0.39, 0.29) is 5.91 Å². The summed E-state index contributed by atoms with van der Waals surface area (Å²) in [7, 11) is 3.44. The Labute approximate surface area is 164 Å². The molecule has 1 amide bonds. The SMILES string of the molecule is COc1ccc(C#C/C(=C2/C(=O)N(C)c3ccccc32)c2ccccc2)cc1. The van der Waals surface area contributed by atoms with Gasteiger partial charge >= 0.3 is 0 Å². The lowest BCUT2D eigenvalue weighted by atomic mass is 9.95. The summed E-state index contributed by atoms with van der Waals surface area (Å²) in [6.07, 6.45) is 0. The fourth-order valence-electron chi connectivity index (χ4n) is 3.30. The summed E-state index contributed by atoms with van der Waals surface area (Å²) in [5.74, 6) is 7.22.